The molecule has 0 heterocycles. The van der Waals surface area contributed by atoms with E-state index in [1.807, 2.05) is 25.1 Å². The van der Waals surface area contributed by atoms with E-state index in [0.29, 0.717) is 24.7 Å². The average molecular weight is 381 g/mol. The number of aliphatic carboxylic acids is 1. The summed E-state index contributed by atoms with van der Waals surface area (Å²) >= 11 is 0. The zero-order valence-electron chi connectivity index (χ0n) is 17.5. The van der Waals surface area contributed by atoms with Gasteiger partial charge in [-0.25, -0.2) is 0 Å². The maximum Gasteiger partial charge on any atom is 0.314 e. The molecule has 0 bridgehead atoms. The predicted octanol–water partition coefficient (Wildman–Crippen LogP) is 6.23. The van der Waals surface area contributed by atoms with Crippen molar-refractivity contribution in [1.29, 1.82) is 0 Å². The summed E-state index contributed by atoms with van der Waals surface area (Å²) in [5.41, 5.74) is 3.24. The molecule has 0 saturated heterocycles. The molecule has 0 aliphatic heterocycles. The van der Waals surface area contributed by atoms with E-state index >= 15 is 0 Å². The van der Waals surface area contributed by atoms with Gasteiger partial charge in [-0.15, -0.1) is 0 Å². The number of carboxylic acids is 1. The summed E-state index contributed by atoms with van der Waals surface area (Å²) in [5.74, 6) is 1.07. The summed E-state index contributed by atoms with van der Waals surface area (Å²) in [4.78, 5) is 12.4. The van der Waals surface area contributed by atoms with Gasteiger partial charge in [0.15, 0.2) is 0 Å². The molecule has 1 atom stereocenters. The van der Waals surface area contributed by atoms with Gasteiger partial charge < -0.3 is 9.84 Å². The van der Waals surface area contributed by atoms with E-state index < -0.39 is 11.4 Å². The van der Waals surface area contributed by atoms with E-state index in [4.69, 9.17) is 4.74 Å². The van der Waals surface area contributed by atoms with Crippen LogP contribution in [-0.4, -0.2) is 17.7 Å². The Balaban J connectivity index is 2.09. The molecule has 1 unspecified atom stereocenters. The zero-order chi connectivity index (χ0) is 20.3. The number of aryl methyl sites for hydroxylation is 1. The van der Waals surface area contributed by atoms with Crippen LogP contribution in [0, 0.1) is 18.8 Å². The van der Waals surface area contributed by atoms with Crippen LogP contribution in [0.1, 0.15) is 57.6 Å². The molecule has 3 heteroatoms. The van der Waals surface area contributed by atoms with Gasteiger partial charge in [0.2, 0.25) is 0 Å². The highest BCUT2D eigenvalue weighted by molar-refractivity contribution is 5.83. The Morgan fingerprint density at radius 3 is 2.54 bits per heavy atom. The second kappa shape index (κ2) is 8.38. The van der Waals surface area contributed by atoms with Crippen LogP contribution in [0.3, 0.4) is 0 Å². The topological polar surface area (TPSA) is 46.5 Å². The van der Waals surface area contributed by atoms with Crippen molar-refractivity contribution in [3.05, 3.63) is 53.6 Å². The van der Waals surface area contributed by atoms with Crippen LogP contribution in [0.4, 0.5) is 0 Å². The summed E-state index contributed by atoms with van der Waals surface area (Å²) in [5, 5.41) is 10.2. The molecule has 1 aliphatic carbocycles. The number of hydrogen-bond donors (Lipinski definition) is 1. The highest BCUT2D eigenvalue weighted by Gasteiger charge is 2.39. The number of carbonyl (C=O) groups is 1. The molecule has 0 amide bonds. The molecular formula is C25H32O3. The third kappa shape index (κ3) is 4.40. The second-order valence-electron chi connectivity index (χ2n) is 8.67. The second-order valence-corrected chi connectivity index (χ2v) is 8.67. The maximum atomic E-state index is 12.4. The Hall–Kier alpha value is -2.29. The van der Waals surface area contributed by atoms with E-state index in [9.17, 15) is 9.90 Å². The van der Waals surface area contributed by atoms with Crippen molar-refractivity contribution in [2.24, 2.45) is 11.8 Å². The lowest BCUT2D eigenvalue weighted by Crippen LogP contribution is -2.36. The fourth-order valence-corrected chi connectivity index (χ4v) is 4.01. The Bertz CT molecular complexity index is 835. The Morgan fingerprint density at radius 2 is 1.96 bits per heavy atom. The summed E-state index contributed by atoms with van der Waals surface area (Å²) in [6.45, 7) is 8.96. The third-order valence-corrected chi connectivity index (χ3v) is 5.80. The van der Waals surface area contributed by atoms with Crippen molar-refractivity contribution in [3.63, 3.8) is 0 Å². The van der Waals surface area contributed by atoms with Gasteiger partial charge in [0.05, 0.1) is 12.0 Å². The van der Waals surface area contributed by atoms with Crippen LogP contribution in [0.5, 0.6) is 5.75 Å². The van der Waals surface area contributed by atoms with Gasteiger partial charge in [-0.2, -0.15) is 0 Å². The molecule has 1 N–H and O–H groups in total. The van der Waals surface area contributed by atoms with E-state index in [1.165, 1.54) is 18.4 Å². The molecule has 2 aromatic rings. The Kier molecular flexibility index (Phi) is 6.12. The quantitative estimate of drug-likeness (QED) is 0.561. The average Bonchev–Trinajstić information content (AvgIpc) is 3.48. The first-order valence-electron chi connectivity index (χ1n) is 10.4. The number of hydrogen-bond acceptors (Lipinski definition) is 2. The predicted molar refractivity (Wildman–Crippen MR) is 114 cm³/mol. The van der Waals surface area contributed by atoms with Crippen LogP contribution >= 0.6 is 0 Å². The van der Waals surface area contributed by atoms with Gasteiger partial charge in [-0.05, 0) is 67.7 Å². The molecule has 2 aromatic carbocycles. The Morgan fingerprint density at radius 1 is 1.21 bits per heavy atom. The standard InChI is InChI=1S/C25H32O3/c1-5-25(24(26)27,15-17(2)3)21-11-12-23(28-16-19-9-10-19)22(14-21)20-8-6-7-18(4)13-20/h6-8,11-14,17,19H,5,9-10,15-16H2,1-4H3,(H,26,27). The van der Waals surface area contributed by atoms with Crippen molar-refractivity contribution in [3.8, 4) is 16.9 Å². The number of rotatable bonds is 9. The van der Waals surface area contributed by atoms with E-state index in [0.717, 1.165) is 29.0 Å². The van der Waals surface area contributed by atoms with Gasteiger partial charge in [0.25, 0.3) is 0 Å². The molecular weight excluding hydrogens is 348 g/mol. The first-order valence-corrected chi connectivity index (χ1v) is 10.4. The number of ether oxygens (including phenoxy) is 1. The molecule has 28 heavy (non-hydrogen) atoms. The van der Waals surface area contributed by atoms with Crippen molar-refractivity contribution in [2.45, 2.75) is 58.8 Å². The van der Waals surface area contributed by atoms with Gasteiger partial charge in [0, 0.05) is 5.56 Å². The first-order chi connectivity index (χ1) is 13.4. The van der Waals surface area contributed by atoms with Crippen LogP contribution in [-0.2, 0) is 10.2 Å². The highest BCUT2D eigenvalue weighted by atomic mass is 16.5. The minimum absolute atomic E-state index is 0.296. The molecule has 0 spiro atoms. The van der Waals surface area contributed by atoms with Crippen LogP contribution < -0.4 is 4.74 Å². The third-order valence-electron chi connectivity index (χ3n) is 5.80. The van der Waals surface area contributed by atoms with Crippen molar-refractivity contribution >= 4 is 5.97 Å². The van der Waals surface area contributed by atoms with Gasteiger partial charge in [-0.1, -0.05) is 56.7 Å². The molecule has 0 aromatic heterocycles. The summed E-state index contributed by atoms with van der Waals surface area (Å²) in [6.07, 6.45) is 3.67. The molecule has 150 valence electrons. The van der Waals surface area contributed by atoms with Crippen molar-refractivity contribution in [2.75, 3.05) is 6.61 Å². The molecule has 0 radical (unpaired) electrons. The Labute approximate surface area is 168 Å². The van der Waals surface area contributed by atoms with Crippen LogP contribution in [0.25, 0.3) is 11.1 Å². The van der Waals surface area contributed by atoms with E-state index in [2.05, 4.69) is 45.0 Å². The van der Waals surface area contributed by atoms with Crippen molar-refractivity contribution in [1.82, 2.24) is 0 Å². The minimum Gasteiger partial charge on any atom is -0.493 e. The molecule has 1 aliphatic rings. The number of carboxylic acid groups (broad SMARTS) is 1. The fraction of sp³-hybridized carbons (Fsp3) is 0.480. The summed E-state index contributed by atoms with van der Waals surface area (Å²) in [7, 11) is 0. The SMILES string of the molecule is CCC(CC(C)C)(C(=O)O)c1ccc(OCC2CC2)c(-c2cccc(C)c2)c1. The zero-order valence-corrected chi connectivity index (χ0v) is 17.5. The van der Waals surface area contributed by atoms with Crippen LogP contribution in [0.15, 0.2) is 42.5 Å². The lowest BCUT2D eigenvalue weighted by molar-refractivity contribution is -0.144. The lowest BCUT2D eigenvalue weighted by atomic mass is 9.72. The van der Waals surface area contributed by atoms with Gasteiger partial charge >= 0.3 is 5.97 Å². The fourth-order valence-electron chi connectivity index (χ4n) is 4.01. The monoisotopic (exact) mass is 380 g/mol. The molecule has 3 nitrogen and oxygen atoms in total. The first kappa shape index (κ1) is 20.4. The number of benzene rings is 2. The maximum absolute atomic E-state index is 12.4. The highest BCUT2D eigenvalue weighted by Crippen LogP contribution is 2.41. The van der Waals surface area contributed by atoms with Crippen LogP contribution in [0.2, 0.25) is 0 Å². The van der Waals surface area contributed by atoms with E-state index in [1.54, 1.807) is 0 Å². The molecule has 1 saturated carbocycles. The largest absolute Gasteiger partial charge is 0.493 e. The molecule has 1 fully saturated rings. The summed E-state index contributed by atoms with van der Waals surface area (Å²) < 4.78 is 6.15. The molecule has 3 rings (SSSR count). The van der Waals surface area contributed by atoms with Crippen molar-refractivity contribution < 1.29 is 14.6 Å². The lowest BCUT2D eigenvalue weighted by Gasteiger charge is -2.31. The van der Waals surface area contributed by atoms with E-state index in [-0.39, 0.29) is 0 Å². The van der Waals surface area contributed by atoms with Gasteiger partial charge in [-0.3, -0.25) is 4.79 Å². The minimum atomic E-state index is -0.873. The van der Waals surface area contributed by atoms with Gasteiger partial charge in [0.1, 0.15) is 5.75 Å². The summed E-state index contributed by atoms with van der Waals surface area (Å²) in [6, 6.07) is 14.3. The normalized spacial score (nSPS) is 16.0. The smallest absolute Gasteiger partial charge is 0.314 e.